The Morgan fingerprint density at radius 2 is 1.05 bits per heavy atom. The number of anilines is 2. The Labute approximate surface area is 348 Å². The van der Waals surface area contributed by atoms with Gasteiger partial charge >= 0.3 is 26.0 Å². The van der Waals surface area contributed by atoms with Crippen molar-refractivity contribution in [1.82, 2.24) is 23.9 Å². The number of hydrogen-bond acceptors (Lipinski definition) is 9. The van der Waals surface area contributed by atoms with Crippen molar-refractivity contribution in [2.24, 2.45) is 14.1 Å². The van der Waals surface area contributed by atoms with E-state index in [1.807, 2.05) is 4.72 Å². The number of nitrogens with zero attached hydrogens (tertiary/aromatic N) is 4. The number of amides is 4. The molecule has 4 aromatic carbocycles. The molecule has 3 N–H and O–H groups in total. The molecule has 2 atom stereocenters. The predicted molar refractivity (Wildman–Crippen MR) is 223 cm³/mol. The van der Waals surface area contributed by atoms with Crippen LogP contribution in [0.3, 0.4) is 0 Å². The van der Waals surface area contributed by atoms with Gasteiger partial charge in [-0.15, -0.1) is 0 Å². The van der Waals surface area contributed by atoms with Crippen molar-refractivity contribution >= 4 is 96.0 Å². The summed E-state index contributed by atoms with van der Waals surface area (Å²) in [5, 5.41) is 2.22. The minimum atomic E-state index is -5.04. The van der Waals surface area contributed by atoms with Crippen LogP contribution >= 0.6 is 36.2 Å². The Morgan fingerprint density at radius 3 is 1.47 bits per heavy atom. The summed E-state index contributed by atoms with van der Waals surface area (Å²) >= 11 is 1.95. The van der Waals surface area contributed by atoms with Crippen molar-refractivity contribution in [3.63, 3.8) is 0 Å². The van der Waals surface area contributed by atoms with Crippen LogP contribution in [0.15, 0.2) is 82.4 Å². The summed E-state index contributed by atoms with van der Waals surface area (Å²) < 4.78 is 91.4. The molecule has 312 valence electrons. The highest BCUT2D eigenvalue weighted by Gasteiger charge is 2.32. The second-order valence-electron chi connectivity index (χ2n) is 13.2. The number of benzene rings is 4. The van der Waals surface area contributed by atoms with Gasteiger partial charge in [-0.1, -0.05) is 22.7 Å². The number of aryl methyl sites for hydroxylation is 2. The van der Waals surface area contributed by atoms with Crippen molar-refractivity contribution in [3.8, 4) is 0 Å². The number of rotatable bonds is 12. The molecule has 0 saturated heterocycles. The lowest BCUT2D eigenvalue weighted by Crippen LogP contribution is -2.57. The van der Waals surface area contributed by atoms with Crippen LogP contribution in [0, 0.1) is 23.3 Å². The summed E-state index contributed by atoms with van der Waals surface area (Å²) in [6, 6.07) is 9.16. The van der Waals surface area contributed by atoms with Crippen LogP contribution in [0.4, 0.5) is 33.7 Å². The molecule has 2 heterocycles. The van der Waals surface area contributed by atoms with E-state index in [0.29, 0.717) is 32.6 Å². The molecule has 0 aliphatic heterocycles. The Bertz CT molecular complexity index is 2800. The van der Waals surface area contributed by atoms with Crippen LogP contribution in [0.2, 0.25) is 0 Å². The number of fused-ring (bicyclic) bond motifs is 2. The van der Waals surface area contributed by atoms with Gasteiger partial charge in [0.2, 0.25) is 11.8 Å². The molecule has 0 saturated carbocycles. The van der Waals surface area contributed by atoms with Crippen molar-refractivity contribution in [1.29, 1.82) is 0 Å². The zero-order valence-electron chi connectivity index (χ0n) is 31.4. The fourth-order valence-electron chi connectivity index (χ4n) is 6.20. The number of urea groups is 1. The number of carbonyl (C=O) groups is 3. The molecule has 59 heavy (non-hydrogen) atoms. The van der Waals surface area contributed by atoms with Crippen LogP contribution in [0.25, 0.3) is 20.4 Å². The highest BCUT2D eigenvalue weighted by atomic mass is 32.2. The highest BCUT2D eigenvalue weighted by Crippen LogP contribution is 2.26. The fourth-order valence-corrected chi connectivity index (χ4v) is 8.84. The summed E-state index contributed by atoms with van der Waals surface area (Å²) in [6.45, 7) is 0. The molecular weight excluding hydrogens is 859 g/mol. The summed E-state index contributed by atoms with van der Waals surface area (Å²) in [7, 11) is 0.662. The van der Waals surface area contributed by atoms with Gasteiger partial charge in [-0.25, -0.2) is 27.1 Å². The Balaban J connectivity index is 0.00000661. The van der Waals surface area contributed by atoms with E-state index in [2.05, 4.69) is 5.32 Å². The van der Waals surface area contributed by atoms with E-state index in [-0.39, 0.29) is 45.7 Å². The van der Waals surface area contributed by atoms with E-state index in [0.717, 1.165) is 56.7 Å². The smallest absolute Gasteiger partial charge is 0.325 e. The van der Waals surface area contributed by atoms with Crippen molar-refractivity contribution in [3.05, 3.63) is 127 Å². The number of halogens is 4. The lowest BCUT2D eigenvalue weighted by molar-refractivity contribution is -0.120. The first-order valence-corrected chi connectivity index (χ1v) is 20.1. The van der Waals surface area contributed by atoms with Crippen LogP contribution in [0.5, 0.6) is 0 Å². The van der Waals surface area contributed by atoms with E-state index < -0.39 is 76.2 Å². The summed E-state index contributed by atoms with van der Waals surface area (Å²) in [5.74, 6) is -5.75. The van der Waals surface area contributed by atoms with Gasteiger partial charge in [0.05, 0.1) is 20.4 Å². The second-order valence-corrected chi connectivity index (χ2v) is 16.7. The van der Waals surface area contributed by atoms with Crippen LogP contribution in [0.1, 0.15) is 11.1 Å². The molecular formula is C37H35F4N7O7S4. The Hall–Kier alpha value is -5.55. The zero-order valence-corrected chi connectivity index (χ0v) is 34.8. The van der Waals surface area contributed by atoms with Crippen molar-refractivity contribution < 1.29 is 40.4 Å². The molecule has 0 spiro atoms. The van der Waals surface area contributed by atoms with Gasteiger partial charge in [-0.05, 0) is 78.2 Å². The number of thiazole rings is 2. The van der Waals surface area contributed by atoms with E-state index in [1.165, 1.54) is 61.6 Å². The molecule has 2 aromatic heterocycles. The fraction of sp³-hybridized carbons (Fsp3) is 0.216. The summed E-state index contributed by atoms with van der Waals surface area (Å²) in [5.41, 5.74) is 1.26. The minimum Gasteiger partial charge on any atom is -0.325 e. The number of carbonyl (C=O) groups excluding carboxylic acids is 3. The number of hydrogen-bond donors (Lipinski definition) is 3. The third-order valence-corrected chi connectivity index (χ3v) is 12.2. The summed E-state index contributed by atoms with van der Waals surface area (Å²) in [4.78, 5) is 67.3. The van der Waals surface area contributed by atoms with E-state index in [1.54, 1.807) is 16.9 Å². The maximum Gasteiger partial charge on any atom is 0.330 e. The molecule has 6 aromatic rings. The van der Waals surface area contributed by atoms with Crippen molar-refractivity contribution in [2.45, 2.75) is 24.9 Å². The Kier molecular flexibility index (Phi) is 13.4. The topological polar surface area (TPSA) is 172 Å². The van der Waals surface area contributed by atoms with Gasteiger partial charge in [0.25, 0.3) is 0 Å². The molecule has 0 bridgehead atoms. The Morgan fingerprint density at radius 1 is 0.661 bits per heavy atom. The van der Waals surface area contributed by atoms with Gasteiger partial charge < -0.3 is 24.3 Å². The monoisotopic (exact) mass is 893 g/mol. The van der Waals surface area contributed by atoms with Gasteiger partial charge in [-0.2, -0.15) is 26.6 Å². The molecule has 14 nitrogen and oxygen atoms in total. The van der Waals surface area contributed by atoms with Crippen LogP contribution in [-0.2, 0) is 46.7 Å². The molecule has 0 aliphatic rings. The normalized spacial score (nSPS) is 12.5. The standard InChI is InChI=1S/C37H33F4N7O7S3.H2S/c1-45(25-5-7-31-29(17-25)47(3)36(52)56-31)33(49)27(13-19-9-21(38)15-22(39)10-19)42-35(51)44-58(54,55)43-28(14-20-11-23(40)16-24(41)12-20)34(50)46(2)26-6-8-32-30(18-26)48(4)37(53)57-32;/h5-12,15-18,27-28,43H,13-14H2,1-4H3,(H2,42,44,51);1H2/t27-,28-;/m0./s1. The summed E-state index contributed by atoms with van der Waals surface area (Å²) in [6.07, 6.45) is -1.12. The average molecular weight is 894 g/mol. The third kappa shape index (κ3) is 10.2. The highest BCUT2D eigenvalue weighted by molar-refractivity contribution is 7.88. The van der Waals surface area contributed by atoms with Gasteiger partial charge in [-0.3, -0.25) is 19.2 Å². The molecule has 0 fully saturated rings. The largest absolute Gasteiger partial charge is 0.330 e. The van der Waals surface area contributed by atoms with Crippen molar-refractivity contribution in [2.75, 3.05) is 23.9 Å². The third-order valence-electron chi connectivity index (χ3n) is 9.14. The lowest BCUT2D eigenvalue weighted by atomic mass is 10.0. The number of likely N-dealkylation sites (N-methyl/N-ethyl adjacent to an activating group) is 2. The van der Waals surface area contributed by atoms with Gasteiger partial charge in [0, 0.05) is 58.1 Å². The first-order valence-electron chi connectivity index (χ1n) is 17.0. The van der Waals surface area contributed by atoms with Gasteiger partial charge in [0.1, 0.15) is 35.4 Å². The van der Waals surface area contributed by atoms with Gasteiger partial charge in [0.15, 0.2) is 0 Å². The van der Waals surface area contributed by atoms with E-state index in [4.69, 9.17) is 0 Å². The maximum atomic E-state index is 14.2. The minimum absolute atomic E-state index is 0. The number of nitrogens with one attached hydrogen (secondary N) is 3. The second kappa shape index (κ2) is 17.7. The molecule has 22 heteroatoms. The molecule has 4 amide bonds. The quantitative estimate of drug-likeness (QED) is 0.155. The first-order chi connectivity index (χ1) is 27.3. The van der Waals surface area contributed by atoms with E-state index >= 15 is 0 Å². The SMILES string of the molecule is CN(C(=O)[C@H](Cc1cc(F)cc(F)c1)NC(=O)NS(=O)(=O)N[C@@H](Cc1cc(F)cc(F)c1)C(=O)N(C)c1ccc2sc(=O)n(C)c2c1)c1ccc2sc(=O)n(C)c2c1.S. The maximum absolute atomic E-state index is 14.2. The molecule has 0 radical (unpaired) electrons. The number of aromatic nitrogens is 2. The first kappa shape index (κ1) is 44.6. The van der Waals surface area contributed by atoms with Crippen LogP contribution < -0.4 is 34.3 Å². The lowest BCUT2D eigenvalue weighted by Gasteiger charge is -2.26. The van der Waals surface area contributed by atoms with Crippen LogP contribution in [-0.4, -0.2) is 61.6 Å². The average Bonchev–Trinajstić information content (AvgIpc) is 3.59. The molecule has 0 aliphatic carbocycles. The molecule has 0 unspecified atom stereocenters. The zero-order chi connectivity index (χ0) is 42.2. The predicted octanol–water partition coefficient (Wildman–Crippen LogP) is 4.16. The molecule has 6 rings (SSSR count). The van der Waals surface area contributed by atoms with E-state index in [9.17, 15) is 50.0 Å².